The Hall–Kier alpha value is -2.23. The van der Waals surface area contributed by atoms with Gasteiger partial charge in [-0.3, -0.25) is 0 Å². The van der Waals surface area contributed by atoms with Crippen molar-refractivity contribution in [2.45, 2.75) is 50.1 Å². The van der Waals surface area contributed by atoms with Crippen LogP contribution in [0, 0.1) is 15.2 Å². The molecule has 0 radical (unpaired) electrons. The van der Waals surface area contributed by atoms with E-state index in [0.717, 1.165) is 34.5 Å². The van der Waals surface area contributed by atoms with Gasteiger partial charge in [-0.25, -0.2) is 8.78 Å². The summed E-state index contributed by atoms with van der Waals surface area (Å²) in [5, 5.41) is 11.8. The number of ether oxygens (including phenoxy) is 3. The van der Waals surface area contributed by atoms with Crippen LogP contribution < -0.4 is 9.47 Å². The first kappa shape index (κ1) is 23.5. The van der Waals surface area contributed by atoms with E-state index in [9.17, 15) is 13.9 Å². The van der Waals surface area contributed by atoms with Crippen LogP contribution in [0.25, 0.3) is 0 Å². The third-order valence-corrected chi connectivity index (χ3v) is 7.23. The van der Waals surface area contributed by atoms with Crippen LogP contribution in [0.2, 0.25) is 0 Å². The SMILES string of the molecule is CC1(O)c2ccc(OC3CCCCO3)cc2OC(c2ccc(I)cc2)C1c1cc(F)cc(F)c1. The Labute approximate surface area is 211 Å². The van der Waals surface area contributed by atoms with Gasteiger partial charge in [0, 0.05) is 27.7 Å². The zero-order valence-corrected chi connectivity index (χ0v) is 20.8. The minimum atomic E-state index is -1.47. The summed E-state index contributed by atoms with van der Waals surface area (Å²) in [5.74, 6) is -1.10. The highest BCUT2D eigenvalue weighted by atomic mass is 127. The zero-order chi connectivity index (χ0) is 23.9. The van der Waals surface area contributed by atoms with Crippen molar-refractivity contribution >= 4 is 22.6 Å². The minimum Gasteiger partial charge on any atom is -0.484 e. The molecule has 178 valence electrons. The molecule has 2 heterocycles. The van der Waals surface area contributed by atoms with Crippen molar-refractivity contribution in [1.82, 2.24) is 0 Å². The monoisotopic (exact) mass is 578 g/mol. The van der Waals surface area contributed by atoms with Gasteiger partial charge in [-0.15, -0.1) is 0 Å². The second-order valence-electron chi connectivity index (χ2n) is 8.99. The standard InChI is InChI=1S/C27H25F2IO4/c1-27(31)22-10-9-21(33-24-4-2-3-11-32-24)15-23(22)34-26(16-5-7-20(30)8-6-16)25(27)17-12-18(28)14-19(29)13-17/h5-10,12-15,24-26,31H,2-4,11H2,1H3. The highest BCUT2D eigenvalue weighted by Crippen LogP contribution is 2.54. The molecule has 2 aliphatic heterocycles. The van der Waals surface area contributed by atoms with Crippen molar-refractivity contribution in [3.63, 3.8) is 0 Å². The Bertz CT molecular complexity index is 1160. The van der Waals surface area contributed by atoms with Gasteiger partial charge in [-0.1, -0.05) is 12.1 Å². The predicted molar refractivity (Wildman–Crippen MR) is 132 cm³/mol. The average Bonchev–Trinajstić information content (AvgIpc) is 2.79. The Kier molecular flexibility index (Phi) is 6.52. The molecular formula is C27H25F2IO4. The van der Waals surface area contributed by atoms with Crippen molar-refractivity contribution < 1.29 is 28.1 Å². The lowest BCUT2D eigenvalue weighted by molar-refractivity contribution is -0.106. The van der Waals surface area contributed by atoms with Crippen molar-refractivity contribution in [2.75, 3.05) is 6.61 Å². The predicted octanol–water partition coefficient (Wildman–Crippen LogP) is 6.60. The van der Waals surface area contributed by atoms with Gasteiger partial charge in [0.1, 0.15) is 34.8 Å². The summed E-state index contributed by atoms with van der Waals surface area (Å²) in [7, 11) is 0. The van der Waals surface area contributed by atoms with Gasteiger partial charge in [-0.2, -0.15) is 0 Å². The van der Waals surface area contributed by atoms with E-state index in [1.54, 1.807) is 25.1 Å². The maximum Gasteiger partial charge on any atom is 0.199 e. The van der Waals surface area contributed by atoms with E-state index in [1.165, 1.54) is 12.1 Å². The fourth-order valence-corrected chi connectivity index (χ4v) is 5.24. The molecule has 4 nitrogen and oxygen atoms in total. The van der Waals surface area contributed by atoms with Crippen LogP contribution in [0.1, 0.15) is 54.9 Å². The van der Waals surface area contributed by atoms with E-state index in [1.807, 2.05) is 24.3 Å². The Balaban J connectivity index is 1.58. The van der Waals surface area contributed by atoms with Crippen LogP contribution in [-0.4, -0.2) is 18.0 Å². The molecule has 1 N–H and O–H groups in total. The van der Waals surface area contributed by atoms with Crippen LogP contribution in [0.3, 0.4) is 0 Å². The molecule has 34 heavy (non-hydrogen) atoms. The van der Waals surface area contributed by atoms with E-state index in [4.69, 9.17) is 14.2 Å². The van der Waals surface area contributed by atoms with Crippen LogP contribution in [-0.2, 0) is 10.3 Å². The highest BCUT2D eigenvalue weighted by molar-refractivity contribution is 14.1. The normalized spacial score (nSPS) is 26.4. The van der Waals surface area contributed by atoms with Crippen LogP contribution >= 0.6 is 22.6 Å². The van der Waals surface area contributed by atoms with Crippen LogP contribution in [0.5, 0.6) is 11.5 Å². The van der Waals surface area contributed by atoms with E-state index in [0.29, 0.717) is 29.2 Å². The lowest BCUT2D eigenvalue weighted by Gasteiger charge is -2.44. The van der Waals surface area contributed by atoms with Crippen molar-refractivity contribution in [3.8, 4) is 11.5 Å². The van der Waals surface area contributed by atoms with Gasteiger partial charge in [0.05, 0.1) is 12.5 Å². The molecule has 0 amide bonds. The minimum absolute atomic E-state index is 0.314. The number of rotatable bonds is 4. The number of benzene rings is 3. The lowest BCUT2D eigenvalue weighted by Crippen LogP contribution is -2.40. The number of fused-ring (bicyclic) bond motifs is 1. The summed E-state index contributed by atoms with van der Waals surface area (Å²) in [6, 6.07) is 16.3. The molecule has 3 aromatic rings. The average molecular weight is 578 g/mol. The molecule has 0 spiro atoms. The number of aliphatic hydroxyl groups is 1. The second kappa shape index (κ2) is 9.43. The fourth-order valence-electron chi connectivity index (χ4n) is 4.88. The number of hydrogen-bond donors (Lipinski definition) is 1. The van der Waals surface area contributed by atoms with Gasteiger partial charge in [0.2, 0.25) is 0 Å². The molecular weight excluding hydrogens is 553 g/mol. The maximum absolute atomic E-state index is 14.2. The summed E-state index contributed by atoms with van der Waals surface area (Å²) in [6.45, 7) is 2.33. The second-order valence-corrected chi connectivity index (χ2v) is 10.2. The van der Waals surface area contributed by atoms with E-state index >= 15 is 0 Å². The maximum atomic E-state index is 14.2. The molecule has 0 aliphatic carbocycles. The first-order chi connectivity index (χ1) is 16.3. The smallest absolute Gasteiger partial charge is 0.199 e. The van der Waals surface area contributed by atoms with Crippen LogP contribution in [0.4, 0.5) is 8.78 Å². The summed E-state index contributed by atoms with van der Waals surface area (Å²) < 4.78 is 47.6. The molecule has 0 bridgehead atoms. The number of halogens is 3. The highest BCUT2D eigenvalue weighted by Gasteiger charge is 2.48. The third-order valence-electron chi connectivity index (χ3n) is 6.51. The molecule has 4 unspecified atom stereocenters. The molecule has 1 fully saturated rings. The molecule has 0 saturated carbocycles. The Morgan fingerprint density at radius 3 is 2.38 bits per heavy atom. The molecule has 1 saturated heterocycles. The molecule has 3 aromatic carbocycles. The molecule has 2 aliphatic rings. The molecule has 5 rings (SSSR count). The van der Waals surface area contributed by atoms with Gasteiger partial charge < -0.3 is 19.3 Å². The van der Waals surface area contributed by atoms with Crippen LogP contribution in [0.15, 0.2) is 60.7 Å². The van der Waals surface area contributed by atoms with Gasteiger partial charge in [-0.05, 0) is 89.9 Å². The van der Waals surface area contributed by atoms with Crippen molar-refractivity contribution in [1.29, 1.82) is 0 Å². The van der Waals surface area contributed by atoms with E-state index in [-0.39, 0.29) is 6.29 Å². The lowest BCUT2D eigenvalue weighted by atomic mass is 9.71. The van der Waals surface area contributed by atoms with Gasteiger partial charge >= 0.3 is 0 Å². The quantitative estimate of drug-likeness (QED) is 0.355. The summed E-state index contributed by atoms with van der Waals surface area (Å²) in [4.78, 5) is 0. The van der Waals surface area contributed by atoms with E-state index in [2.05, 4.69) is 22.6 Å². The van der Waals surface area contributed by atoms with Crippen molar-refractivity contribution in [3.05, 3.63) is 92.6 Å². The zero-order valence-electron chi connectivity index (χ0n) is 18.6. The van der Waals surface area contributed by atoms with Gasteiger partial charge in [0.25, 0.3) is 0 Å². The topological polar surface area (TPSA) is 47.9 Å². The van der Waals surface area contributed by atoms with Gasteiger partial charge in [0.15, 0.2) is 6.29 Å². The summed E-state index contributed by atoms with van der Waals surface area (Å²) >= 11 is 2.21. The first-order valence-corrected chi connectivity index (χ1v) is 12.4. The summed E-state index contributed by atoms with van der Waals surface area (Å²) in [5.41, 5.74) is 0.179. The molecule has 7 heteroatoms. The Morgan fingerprint density at radius 2 is 1.71 bits per heavy atom. The largest absolute Gasteiger partial charge is 0.484 e. The molecule has 0 aromatic heterocycles. The van der Waals surface area contributed by atoms with Crippen molar-refractivity contribution in [2.24, 2.45) is 0 Å². The molecule has 4 atom stereocenters. The van der Waals surface area contributed by atoms with E-state index < -0.39 is 29.3 Å². The third kappa shape index (κ3) is 4.65. The first-order valence-electron chi connectivity index (χ1n) is 11.3. The number of hydrogen-bond acceptors (Lipinski definition) is 4. The Morgan fingerprint density at radius 1 is 0.971 bits per heavy atom. The fraction of sp³-hybridized carbons (Fsp3) is 0.333. The summed E-state index contributed by atoms with van der Waals surface area (Å²) in [6.07, 6.45) is 1.89.